The highest BCUT2D eigenvalue weighted by molar-refractivity contribution is 5.96. The van der Waals surface area contributed by atoms with Crippen molar-refractivity contribution in [3.8, 4) is 17.2 Å². The van der Waals surface area contributed by atoms with Gasteiger partial charge in [-0.15, -0.1) is 0 Å². The Morgan fingerprint density at radius 3 is 2.26 bits per heavy atom. The number of anilines is 1. The molecule has 0 saturated carbocycles. The summed E-state index contributed by atoms with van der Waals surface area (Å²) in [6.45, 7) is 2.45. The minimum atomic E-state index is -0.965. The minimum absolute atomic E-state index is 0.0341. The lowest BCUT2D eigenvalue weighted by atomic mass is 9.98. The maximum Gasteiger partial charge on any atom is 0.336 e. The first kappa shape index (κ1) is 21.8. The number of nitriles is 1. The predicted octanol–water partition coefficient (Wildman–Crippen LogP) is 5.65. The fourth-order valence-corrected chi connectivity index (χ4v) is 3.40. The third-order valence-electron chi connectivity index (χ3n) is 5.12. The zero-order chi connectivity index (χ0) is 22.2. The fraction of sp³-hybridized carbons (Fsp3) is 0.192. The Morgan fingerprint density at radius 1 is 0.968 bits per heavy atom. The van der Waals surface area contributed by atoms with Gasteiger partial charge < -0.3 is 10.0 Å². The van der Waals surface area contributed by atoms with Crippen LogP contribution in [0.1, 0.15) is 47.7 Å². The van der Waals surface area contributed by atoms with E-state index in [1.165, 1.54) is 0 Å². The molecule has 1 amide bonds. The van der Waals surface area contributed by atoms with E-state index >= 15 is 0 Å². The summed E-state index contributed by atoms with van der Waals surface area (Å²) in [7, 11) is 0. The highest BCUT2D eigenvalue weighted by atomic mass is 16.4. The number of aromatic carboxylic acids is 1. The predicted molar refractivity (Wildman–Crippen MR) is 121 cm³/mol. The van der Waals surface area contributed by atoms with Crippen LogP contribution in [0, 0.1) is 11.3 Å². The molecule has 0 aliphatic heterocycles. The first-order chi connectivity index (χ1) is 15.0. The van der Waals surface area contributed by atoms with Gasteiger partial charge in [-0.1, -0.05) is 55.8 Å². The number of carbonyl (C=O) groups excluding carboxylic acids is 1. The molecule has 0 fully saturated rings. The molecule has 0 spiro atoms. The van der Waals surface area contributed by atoms with Crippen LogP contribution in [0.15, 0.2) is 72.8 Å². The van der Waals surface area contributed by atoms with E-state index in [0.29, 0.717) is 24.1 Å². The van der Waals surface area contributed by atoms with Crippen LogP contribution in [0.2, 0.25) is 0 Å². The summed E-state index contributed by atoms with van der Waals surface area (Å²) in [5.41, 5.74) is 3.95. The van der Waals surface area contributed by atoms with Crippen LogP contribution in [0.25, 0.3) is 11.1 Å². The van der Waals surface area contributed by atoms with Crippen LogP contribution >= 0.6 is 0 Å². The highest BCUT2D eigenvalue weighted by Crippen LogP contribution is 2.26. The Labute approximate surface area is 182 Å². The molecule has 3 aromatic carbocycles. The number of amides is 1. The second-order valence-electron chi connectivity index (χ2n) is 7.29. The van der Waals surface area contributed by atoms with E-state index in [-0.39, 0.29) is 11.5 Å². The van der Waals surface area contributed by atoms with Gasteiger partial charge in [0.2, 0.25) is 5.91 Å². The van der Waals surface area contributed by atoms with Gasteiger partial charge in [-0.05, 0) is 53.4 Å². The first-order valence-corrected chi connectivity index (χ1v) is 10.3. The van der Waals surface area contributed by atoms with E-state index in [4.69, 9.17) is 5.26 Å². The molecular weight excluding hydrogens is 388 g/mol. The molecule has 0 unspecified atom stereocenters. The summed E-state index contributed by atoms with van der Waals surface area (Å²) < 4.78 is 0. The van der Waals surface area contributed by atoms with E-state index in [9.17, 15) is 14.7 Å². The van der Waals surface area contributed by atoms with Crippen molar-refractivity contribution < 1.29 is 14.7 Å². The van der Waals surface area contributed by atoms with Gasteiger partial charge in [0.05, 0.1) is 23.7 Å². The maximum atomic E-state index is 12.9. The Kier molecular flexibility index (Phi) is 7.18. The molecule has 3 rings (SSSR count). The topological polar surface area (TPSA) is 81.4 Å². The lowest BCUT2D eigenvalue weighted by Gasteiger charge is -2.23. The van der Waals surface area contributed by atoms with Gasteiger partial charge in [0.1, 0.15) is 0 Å². The number of unbranched alkanes of at least 4 members (excludes halogenated alkanes) is 1. The molecule has 0 aromatic heterocycles. The molecular formula is C26H24N2O3. The summed E-state index contributed by atoms with van der Waals surface area (Å²) in [4.78, 5) is 26.1. The van der Waals surface area contributed by atoms with E-state index in [1.54, 1.807) is 47.4 Å². The molecule has 0 radical (unpaired) electrons. The molecule has 3 aromatic rings. The molecule has 156 valence electrons. The van der Waals surface area contributed by atoms with Gasteiger partial charge >= 0.3 is 5.97 Å². The summed E-state index contributed by atoms with van der Waals surface area (Å²) in [6.07, 6.45) is 2.21. The summed E-state index contributed by atoms with van der Waals surface area (Å²) >= 11 is 0. The van der Waals surface area contributed by atoms with E-state index in [2.05, 4.69) is 6.07 Å². The van der Waals surface area contributed by atoms with Crippen molar-refractivity contribution in [3.63, 3.8) is 0 Å². The Balaban J connectivity index is 1.86. The maximum absolute atomic E-state index is 12.9. The number of hydrogen-bond acceptors (Lipinski definition) is 3. The van der Waals surface area contributed by atoms with Crippen molar-refractivity contribution in [1.29, 1.82) is 5.26 Å². The second-order valence-corrected chi connectivity index (χ2v) is 7.29. The quantitative estimate of drug-likeness (QED) is 0.518. The number of nitrogens with zero attached hydrogens (tertiary/aromatic N) is 2. The minimum Gasteiger partial charge on any atom is -0.478 e. The average Bonchev–Trinajstić information content (AvgIpc) is 2.81. The van der Waals surface area contributed by atoms with Crippen molar-refractivity contribution in [2.75, 3.05) is 4.90 Å². The van der Waals surface area contributed by atoms with Gasteiger partial charge in [-0.2, -0.15) is 5.26 Å². The van der Waals surface area contributed by atoms with Crippen LogP contribution in [0.4, 0.5) is 5.69 Å². The molecule has 0 aliphatic carbocycles. The van der Waals surface area contributed by atoms with Crippen molar-refractivity contribution in [2.24, 2.45) is 0 Å². The number of hydrogen-bond donors (Lipinski definition) is 1. The van der Waals surface area contributed by atoms with Crippen LogP contribution < -0.4 is 4.90 Å². The molecule has 0 atom stereocenters. The fourth-order valence-electron chi connectivity index (χ4n) is 3.40. The Bertz CT molecular complexity index is 1100. The lowest BCUT2D eigenvalue weighted by molar-refractivity contribution is -0.118. The summed E-state index contributed by atoms with van der Waals surface area (Å²) in [6, 6.07) is 23.6. The zero-order valence-corrected chi connectivity index (χ0v) is 17.4. The second kappa shape index (κ2) is 10.2. The number of carboxylic acid groups (broad SMARTS) is 1. The monoisotopic (exact) mass is 412 g/mol. The van der Waals surface area contributed by atoms with Crippen LogP contribution in [-0.4, -0.2) is 17.0 Å². The van der Waals surface area contributed by atoms with Crippen molar-refractivity contribution in [1.82, 2.24) is 0 Å². The van der Waals surface area contributed by atoms with Crippen molar-refractivity contribution in [2.45, 2.75) is 32.7 Å². The molecule has 31 heavy (non-hydrogen) atoms. The first-order valence-electron chi connectivity index (χ1n) is 10.3. The molecule has 5 heteroatoms. The molecule has 0 bridgehead atoms. The third-order valence-corrected chi connectivity index (χ3v) is 5.12. The third kappa shape index (κ3) is 5.37. The summed E-state index contributed by atoms with van der Waals surface area (Å²) in [5.74, 6) is -0.931. The van der Waals surface area contributed by atoms with Gasteiger partial charge in [0.25, 0.3) is 0 Å². The number of benzene rings is 3. The number of carboxylic acids is 1. The smallest absolute Gasteiger partial charge is 0.336 e. The standard InChI is InChI=1S/C26H24N2O3/c1-2-3-8-25(29)28(22-15-11-19(17-27)12-16-22)18-20-9-13-21(14-10-20)23-6-4-5-7-24(23)26(30)31/h4-7,9-16H,2-3,8,18H2,1H3,(H,30,31). The van der Waals surface area contributed by atoms with E-state index in [1.807, 2.05) is 37.3 Å². The van der Waals surface area contributed by atoms with Gasteiger partial charge in [0, 0.05) is 12.1 Å². The molecule has 0 aliphatic rings. The summed E-state index contributed by atoms with van der Waals surface area (Å²) in [5, 5.41) is 18.5. The van der Waals surface area contributed by atoms with E-state index < -0.39 is 5.97 Å². The van der Waals surface area contributed by atoms with Crippen LogP contribution in [0.3, 0.4) is 0 Å². The lowest BCUT2D eigenvalue weighted by Crippen LogP contribution is -2.30. The largest absolute Gasteiger partial charge is 0.478 e. The Hall–Kier alpha value is -3.91. The van der Waals surface area contributed by atoms with Crippen LogP contribution in [-0.2, 0) is 11.3 Å². The van der Waals surface area contributed by atoms with Gasteiger partial charge in [-0.3, -0.25) is 4.79 Å². The number of carbonyl (C=O) groups is 2. The number of rotatable bonds is 8. The molecule has 5 nitrogen and oxygen atoms in total. The normalized spacial score (nSPS) is 10.3. The van der Waals surface area contributed by atoms with Gasteiger partial charge in [0.15, 0.2) is 0 Å². The van der Waals surface area contributed by atoms with Crippen molar-refractivity contribution >= 4 is 17.6 Å². The molecule has 0 saturated heterocycles. The highest BCUT2D eigenvalue weighted by Gasteiger charge is 2.17. The zero-order valence-electron chi connectivity index (χ0n) is 17.4. The Morgan fingerprint density at radius 2 is 1.65 bits per heavy atom. The molecule has 0 heterocycles. The van der Waals surface area contributed by atoms with Crippen LogP contribution in [0.5, 0.6) is 0 Å². The van der Waals surface area contributed by atoms with Gasteiger partial charge in [-0.25, -0.2) is 4.79 Å². The SMILES string of the molecule is CCCCC(=O)N(Cc1ccc(-c2ccccc2C(=O)O)cc1)c1ccc(C#N)cc1. The average molecular weight is 412 g/mol. The van der Waals surface area contributed by atoms with E-state index in [0.717, 1.165) is 29.7 Å². The molecule has 1 N–H and O–H groups in total. The van der Waals surface area contributed by atoms with Crippen molar-refractivity contribution in [3.05, 3.63) is 89.5 Å².